The monoisotopic (exact) mass is 207 g/mol. The van der Waals surface area contributed by atoms with Gasteiger partial charge in [0.2, 0.25) is 5.91 Å². The van der Waals surface area contributed by atoms with Gasteiger partial charge < -0.3 is 5.32 Å². The Bertz CT molecular complexity index is 370. The molecule has 2 nitrogen and oxygen atoms in total. The highest BCUT2D eigenvalue weighted by Crippen LogP contribution is 2.12. The summed E-state index contributed by atoms with van der Waals surface area (Å²) < 4.78 is 0. The molecule has 3 heteroatoms. The molecule has 0 radical (unpaired) electrons. The quantitative estimate of drug-likeness (QED) is 0.582. The number of carbonyl (C=O) groups is 1. The van der Waals surface area contributed by atoms with Crippen molar-refractivity contribution >= 4 is 17.2 Å². The maximum Gasteiger partial charge on any atom is 0.216 e. The summed E-state index contributed by atoms with van der Waals surface area (Å²) in [5.41, 5.74) is 0. The molecule has 1 amide bonds. The molecule has 1 rings (SSSR count). The Balaban J connectivity index is 2.30. The molecule has 0 aliphatic carbocycles. The summed E-state index contributed by atoms with van der Waals surface area (Å²) in [7, 11) is 0. The highest BCUT2D eigenvalue weighted by Gasteiger charge is 1.90. The van der Waals surface area contributed by atoms with Gasteiger partial charge in [0.05, 0.1) is 4.88 Å². The first-order valence-corrected chi connectivity index (χ1v) is 5.30. The fourth-order valence-corrected chi connectivity index (χ4v) is 1.69. The highest BCUT2D eigenvalue weighted by atomic mass is 32.1. The Kier molecular flexibility index (Phi) is 4.21. The predicted octanol–water partition coefficient (Wildman–Crippen LogP) is 1.93. The Hall–Kier alpha value is -1.27. The van der Waals surface area contributed by atoms with E-state index in [-0.39, 0.29) is 5.91 Å². The van der Waals surface area contributed by atoms with Crippen molar-refractivity contribution in [1.29, 1.82) is 0 Å². The molecule has 0 aliphatic heterocycles. The first kappa shape index (κ1) is 10.8. The lowest BCUT2D eigenvalue weighted by Crippen LogP contribution is -2.20. The lowest BCUT2D eigenvalue weighted by atomic mass is 10.4. The first-order chi connectivity index (χ1) is 6.68. The lowest BCUT2D eigenvalue weighted by molar-refractivity contribution is -0.118. The number of amides is 1. The van der Waals surface area contributed by atoms with Crippen LogP contribution in [0.15, 0.2) is 12.1 Å². The van der Waals surface area contributed by atoms with Gasteiger partial charge in [-0.05, 0) is 19.1 Å². The van der Waals surface area contributed by atoms with E-state index in [9.17, 15) is 4.79 Å². The smallest absolute Gasteiger partial charge is 0.216 e. The van der Waals surface area contributed by atoms with Crippen molar-refractivity contribution in [2.45, 2.75) is 20.3 Å². The molecule has 0 aromatic carbocycles. The largest absolute Gasteiger partial charge is 0.355 e. The molecule has 0 unspecified atom stereocenters. The van der Waals surface area contributed by atoms with Gasteiger partial charge in [-0.2, -0.15) is 0 Å². The first-order valence-electron chi connectivity index (χ1n) is 4.48. The van der Waals surface area contributed by atoms with E-state index in [0.717, 1.165) is 4.88 Å². The second-order valence-corrected chi connectivity index (χ2v) is 4.23. The summed E-state index contributed by atoms with van der Waals surface area (Å²) >= 11 is 1.69. The zero-order valence-corrected chi connectivity index (χ0v) is 9.20. The van der Waals surface area contributed by atoms with E-state index >= 15 is 0 Å². The van der Waals surface area contributed by atoms with Crippen molar-refractivity contribution in [3.05, 3.63) is 21.9 Å². The molecule has 1 N–H and O–H groups in total. The average molecular weight is 207 g/mol. The van der Waals surface area contributed by atoms with Crippen LogP contribution in [0.25, 0.3) is 0 Å². The summed E-state index contributed by atoms with van der Waals surface area (Å²) in [4.78, 5) is 12.9. The van der Waals surface area contributed by atoms with E-state index in [2.05, 4.69) is 30.1 Å². The second kappa shape index (κ2) is 5.46. The normalized spacial score (nSPS) is 9.00. The van der Waals surface area contributed by atoms with E-state index in [1.165, 1.54) is 11.8 Å². The van der Waals surface area contributed by atoms with Crippen LogP contribution in [0.1, 0.15) is 23.1 Å². The zero-order chi connectivity index (χ0) is 10.4. The van der Waals surface area contributed by atoms with Crippen LogP contribution < -0.4 is 5.32 Å². The third-order valence-corrected chi connectivity index (χ3v) is 2.49. The lowest BCUT2D eigenvalue weighted by Gasteiger charge is -1.94. The standard InChI is InChI=1S/C11H13NOS/c1-9-6-7-11(14-9)5-3-4-8-12-10(2)13/h6-7H,4,8H2,1-2H3,(H,12,13). The van der Waals surface area contributed by atoms with Crippen molar-refractivity contribution in [2.24, 2.45) is 0 Å². The summed E-state index contributed by atoms with van der Waals surface area (Å²) in [5, 5.41) is 2.70. The van der Waals surface area contributed by atoms with Crippen LogP contribution in [0.2, 0.25) is 0 Å². The predicted molar refractivity (Wildman–Crippen MR) is 59.2 cm³/mol. The summed E-state index contributed by atoms with van der Waals surface area (Å²) in [5.74, 6) is 6.07. The van der Waals surface area contributed by atoms with Gasteiger partial charge in [0, 0.05) is 24.8 Å². The van der Waals surface area contributed by atoms with E-state index in [0.29, 0.717) is 13.0 Å². The number of thiophene rings is 1. The third kappa shape index (κ3) is 4.11. The van der Waals surface area contributed by atoms with Crippen LogP contribution in [-0.4, -0.2) is 12.5 Å². The van der Waals surface area contributed by atoms with Crippen LogP contribution in [0, 0.1) is 18.8 Å². The topological polar surface area (TPSA) is 29.1 Å². The van der Waals surface area contributed by atoms with E-state index < -0.39 is 0 Å². The van der Waals surface area contributed by atoms with Crippen molar-refractivity contribution in [3.63, 3.8) is 0 Å². The van der Waals surface area contributed by atoms with Gasteiger partial charge in [-0.15, -0.1) is 11.3 Å². The Labute approximate surface area is 88.3 Å². The number of hydrogen-bond donors (Lipinski definition) is 1. The number of hydrogen-bond acceptors (Lipinski definition) is 2. The maximum atomic E-state index is 10.5. The molecule has 1 aromatic rings. The minimum absolute atomic E-state index is 0.00114. The van der Waals surface area contributed by atoms with Crippen LogP contribution in [0.5, 0.6) is 0 Å². The van der Waals surface area contributed by atoms with Gasteiger partial charge >= 0.3 is 0 Å². The van der Waals surface area contributed by atoms with Gasteiger partial charge in [0.25, 0.3) is 0 Å². The molecule has 0 bridgehead atoms. The zero-order valence-electron chi connectivity index (χ0n) is 8.39. The van der Waals surface area contributed by atoms with Crippen LogP contribution in [0.3, 0.4) is 0 Å². The van der Waals surface area contributed by atoms with Crippen molar-refractivity contribution in [2.75, 3.05) is 6.54 Å². The van der Waals surface area contributed by atoms with Crippen molar-refractivity contribution in [1.82, 2.24) is 5.32 Å². The molecule has 1 heterocycles. The molecule has 1 aromatic heterocycles. The SMILES string of the molecule is CC(=O)NCCC#Cc1ccc(C)s1. The fraction of sp³-hybridized carbons (Fsp3) is 0.364. The molecule has 74 valence electrons. The molecule has 0 atom stereocenters. The number of nitrogens with one attached hydrogen (secondary N) is 1. The van der Waals surface area contributed by atoms with E-state index in [1.54, 1.807) is 11.3 Å². The fourth-order valence-electron chi connectivity index (χ4n) is 0.952. The van der Waals surface area contributed by atoms with Crippen molar-refractivity contribution < 1.29 is 4.79 Å². The van der Waals surface area contributed by atoms with Crippen LogP contribution in [0.4, 0.5) is 0 Å². The van der Waals surface area contributed by atoms with Gasteiger partial charge in [-0.25, -0.2) is 0 Å². The molecular formula is C11H13NOS. The minimum Gasteiger partial charge on any atom is -0.355 e. The van der Waals surface area contributed by atoms with Crippen LogP contribution >= 0.6 is 11.3 Å². The van der Waals surface area contributed by atoms with Crippen LogP contribution in [-0.2, 0) is 4.79 Å². The molecule has 0 aliphatic rings. The Morgan fingerprint density at radius 2 is 2.36 bits per heavy atom. The second-order valence-electron chi connectivity index (χ2n) is 2.95. The Morgan fingerprint density at radius 1 is 1.57 bits per heavy atom. The Morgan fingerprint density at radius 3 is 2.93 bits per heavy atom. The highest BCUT2D eigenvalue weighted by molar-refractivity contribution is 7.12. The summed E-state index contributed by atoms with van der Waals surface area (Å²) in [6.45, 7) is 4.20. The molecule has 0 fully saturated rings. The number of rotatable bonds is 2. The molecular weight excluding hydrogens is 194 g/mol. The van der Waals surface area contributed by atoms with Gasteiger partial charge in [0.1, 0.15) is 0 Å². The summed E-state index contributed by atoms with van der Waals surface area (Å²) in [6.07, 6.45) is 0.705. The summed E-state index contributed by atoms with van der Waals surface area (Å²) in [6, 6.07) is 4.08. The average Bonchev–Trinajstić information content (AvgIpc) is 2.50. The molecule has 14 heavy (non-hydrogen) atoms. The van der Waals surface area contributed by atoms with E-state index in [1.807, 2.05) is 6.07 Å². The molecule has 0 saturated heterocycles. The van der Waals surface area contributed by atoms with Gasteiger partial charge in [0.15, 0.2) is 0 Å². The maximum absolute atomic E-state index is 10.5. The van der Waals surface area contributed by atoms with E-state index in [4.69, 9.17) is 0 Å². The number of aryl methyl sites for hydroxylation is 1. The van der Waals surface area contributed by atoms with Gasteiger partial charge in [-0.1, -0.05) is 11.8 Å². The third-order valence-electron chi connectivity index (χ3n) is 1.58. The molecule has 0 spiro atoms. The molecule has 0 saturated carbocycles. The van der Waals surface area contributed by atoms with Gasteiger partial charge in [-0.3, -0.25) is 4.79 Å². The number of carbonyl (C=O) groups excluding carboxylic acids is 1. The minimum atomic E-state index is -0.00114. The van der Waals surface area contributed by atoms with Crippen molar-refractivity contribution in [3.8, 4) is 11.8 Å².